The molecule has 0 heterocycles. The molecule has 0 radical (unpaired) electrons. The summed E-state index contributed by atoms with van der Waals surface area (Å²) in [7, 11) is 0. The number of oxime groups is 1. The molecule has 0 aliphatic heterocycles. The van der Waals surface area contributed by atoms with Gasteiger partial charge in [0.05, 0.1) is 0 Å². The summed E-state index contributed by atoms with van der Waals surface area (Å²) < 4.78 is 43.8. The molecule has 0 aromatic heterocycles. The van der Waals surface area contributed by atoms with Crippen LogP contribution in [0.4, 0.5) is 13.2 Å². The van der Waals surface area contributed by atoms with Gasteiger partial charge in [0.2, 0.25) is 0 Å². The maximum atomic E-state index is 13.5. The number of hydrogen-bond acceptors (Lipinski definition) is 4. The Balaban J connectivity index is 2.30. The van der Waals surface area contributed by atoms with Crippen LogP contribution in [0.3, 0.4) is 0 Å². The van der Waals surface area contributed by atoms with Crippen LogP contribution in [0.25, 0.3) is 0 Å². The van der Waals surface area contributed by atoms with Gasteiger partial charge in [-0.2, -0.15) is 0 Å². The summed E-state index contributed by atoms with van der Waals surface area (Å²) >= 11 is 0. The van der Waals surface area contributed by atoms with Crippen molar-refractivity contribution >= 4 is 11.7 Å². The van der Waals surface area contributed by atoms with Gasteiger partial charge in [-0.3, -0.25) is 4.79 Å². The summed E-state index contributed by atoms with van der Waals surface area (Å²) in [6.07, 6.45) is 0. The third-order valence-corrected chi connectivity index (χ3v) is 3.19. The predicted molar refractivity (Wildman–Crippen MR) is 85.8 cm³/mol. The molecule has 0 spiro atoms. The summed E-state index contributed by atoms with van der Waals surface area (Å²) in [5, 5.41) is 3.83. The van der Waals surface area contributed by atoms with Gasteiger partial charge in [-0.25, -0.2) is 13.2 Å². The Hall–Kier alpha value is -2.83. The highest BCUT2D eigenvalue weighted by Gasteiger charge is 2.12. The Labute approximate surface area is 142 Å². The smallest absolute Gasteiger partial charge is 0.302 e. The van der Waals surface area contributed by atoms with Crippen LogP contribution in [0, 0.1) is 11.6 Å². The van der Waals surface area contributed by atoms with Crippen molar-refractivity contribution in [3.63, 3.8) is 0 Å². The fourth-order valence-corrected chi connectivity index (χ4v) is 2.00. The molecule has 2 rings (SSSR count). The van der Waals surface area contributed by atoms with E-state index in [4.69, 9.17) is 9.57 Å². The molecule has 0 atom stereocenters. The van der Waals surface area contributed by atoms with Crippen molar-refractivity contribution in [2.45, 2.75) is 13.5 Å². The van der Waals surface area contributed by atoms with Gasteiger partial charge in [0.15, 0.2) is 11.6 Å². The van der Waals surface area contributed by atoms with E-state index in [1.807, 2.05) is 0 Å². The lowest BCUT2D eigenvalue weighted by atomic mass is 10.0. The molecule has 0 saturated carbocycles. The molecule has 0 fully saturated rings. The van der Waals surface area contributed by atoms with Crippen LogP contribution in [0.15, 0.2) is 47.6 Å². The minimum absolute atomic E-state index is 0.117. The maximum absolute atomic E-state index is 13.5. The van der Waals surface area contributed by atoms with Gasteiger partial charge in [0, 0.05) is 18.1 Å². The third-order valence-electron chi connectivity index (χ3n) is 3.19. The highest BCUT2D eigenvalue weighted by atomic mass is 19.2. The van der Waals surface area contributed by atoms with E-state index in [1.54, 1.807) is 24.3 Å². The zero-order chi connectivity index (χ0) is 18.2. The molecule has 0 saturated heterocycles. The molecule has 0 aliphatic rings. The number of alkyl halides is 1. The molecule has 0 N–H and O–H groups in total. The molecule has 7 heteroatoms. The van der Waals surface area contributed by atoms with E-state index >= 15 is 0 Å². The Morgan fingerprint density at radius 1 is 1.04 bits per heavy atom. The first-order valence-electron chi connectivity index (χ1n) is 7.45. The average molecular weight is 351 g/mol. The van der Waals surface area contributed by atoms with Gasteiger partial charge >= 0.3 is 5.97 Å². The molecule has 0 unspecified atom stereocenters. The van der Waals surface area contributed by atoms with E-state index in [0.29, 0.717) is 5.56 Å². The third kappa shape index (κ3) is 5.34. The summed E-state index contributed by atoms with van der Waals surface area (Å²) in [6, 6.07) is 10.0. The van der Waals surface area contributed by atoms with Gasteiger partial charge in [-0.05, 0) is 23.8 Å². The number of nitrogens with zero attached hydrogens (tertiary/aromatic N) is 1. The number of esters is 1. The van der Waals surface area contributed by atoms with Crippen molar-refractivity contribution in [1.82, 2.24) is 0 Å². The quantitative estimate of drug-likeness (QED) is 0.330. The summed E-state index contributed by atoms with van der Waals surface area (Å²) in [4.78, 5) is 15.7. The fraction of sp³-hybridized carbons (Fsp3) is 0.222. The standard InChI is InChI=1S/C18H16F3NO3/c1-12(23)24-11-13-2-4-14(5-3-13)18(22-25-9-8-19)15-6-7-16(20)17(21)10-15/h2-7,10H,8-9,11H2,1H3. The Morgan fingerprint density at radius 2 is 1.72 bits per heavy atom. The van der Waals surface area contributed by atoms with Crippen molar-refractivity contribution in [2.24, 2.45) is 5.16 Å². The number of carbonyl (C=O) groups excluding carboxylic acids is 1. The lowest BCUT2D eigenvalue weighted by Crippen LogP contribution is -2.07. The SMILES string of the molecule is CC(=O)OCc1ccc(C(=NOCCF)c2ccc(F)c(F)c2)cc1. The lowest BCUT2D eigenvalue weighted by Gasteiger charge is -2.09. The van der Waals surface area contributed by atoms with Gasteiger partial charge in [-0.15, -0.1) is 0 Å². The van der Waals surface area contributed by atoms with E-state index in [0.717, 1.165) is 17.7 Å². The molecule has 2 aromatic carbocycles. The van der Waals surface area contributed by atoms with Crippen LogP contribution in [0.1, 0.15) is 23.6 Å². The van der Waals surface area contributed by atoms with Crippen molar-refractivity contribution < 1.29 is 27.5 Å². The first-order valence-corrected chi connectivity index (χ1v) is 7.45. The molecule has 0 amide bonds. The highest BCUT2D eigenvalue weighted by molar-refractivity contribution is 6.12. The number of benzene rings is 2. The highest BCUT2D eigenvalue weighted by Crippen LogP contribution is 2.16. The maximum Gasteiger partial charge on any atom is 0.302 e. The molecule has 132 valence electrons. The Bertz CT molecular complexity index is 761. The van der Waals surface area contributed by atoms with Crippen LogP contribution < -0.4 is 0 Å². The predicted octanol–water partition coefficient (Wildman–Crippen LogP) is 3.77. The second-order valence-electron chi connectivity index (χ2n) is 5.07. The molecule has 0 aliphatic carbocycles. The summed E-state index contributed by atoms with van der Waals surface area (Å²) in [5.74, 6) is -2.40. The summed E-state index contributed by atoms with van der Waals surface area (Å²) in [6.45, 7) is 0.448. The summed E-state index contributed by atoms with van der Waals surface area (Å²) in [5.41, 5.74) is 1.81. The fourth-order valence-electron chi connectivity index (χ4n) is 2.00. The number of ether oxygens (including phenoxy) is 1. The van der Waals surface area contributed by atoms with Gasteiger partial charge in [-0.1, -0.05) is 29.4 Å². The van der Waals surface area contributed by atoms with Crippen molar-refractivity contribution in [3.05, 3.63) is 70.8 Å². The van der Waals surface area contributed by atoms with Crippen LogP contribution in [0.5, 0.6) is 0 Å². The minimum atomic E-state index is -1.03. The zero-order valence-corrected chi connectivity index (χ0v) is 13.5. The minimum Gasteiger partial charge on any atom is -0.461 e. The molecule has 0 bridgehead atoms. The number of hydrogen-bond donors (Lipinski definition) is 0. The zero-order valence-electron chi connectivity index (χ0n) is 13.5. The van der Waals surface area contributed by atoms with E-state index in [-0.39, 0.29) is 24.5 Å². The molecule has 25 heavy (non-hydrogen) atoms. The molecule has 2 aromatic rings. The normalized spacial score (nSPS) is 11.3. The topological polar surface area (TPSA) is 47.9 Å². The van der Waals surface area contributed by atoms with Crippen molar-refractivity contribution in [3.8, 4) is 0 Å². The monoisotopic (exact) mass is 351 g/mol. The first-order chi connectivity index (χ1) is 12.0. The molecular formula is C18H16F3NO3. The van der Waals surface area contributed by atoms with Crippen molar-refractivity contribution in [2.75, 3.05) is 13.3 Å². The van der Waals surface area contributed by atoms with Gasteiger partial charge in [0.25, 0.3) is 0 Å². The number of carbonyl (C=O) groups is 1. The van der Waals surface area contributed by atoms with Crippen LogP contribution in [0.2, 0.25) is 0 Å². The van der Waals surface area contributed by atoms with Gasteiger partial charge in [0.1, 0.15) is 25.6 Å². The largest absolute Gasteiger partial charge is 0.461 e. The van der Waals surface area contributed by atoms with Crippen LogP contribution in [-0.2, 0) is 21.0 Å². The number of halogens is 3. The van der Waals surface area contributed by atoms with Crippen molar-refractivity contribution in [1.29, 1.82) is 0 Å². The molecule has 4 nitrogen and oxygen atoms in total. The van der Waals surface area contributed by atoms with Gasteiger partial charge < -0.3 is 9.57 Å². The first kappa shape index (κ1) is 18.5. The molecular weight excluding hydrogens is 335 g/mol. The van der Waals surface area contributed by atoms with E-state index < -0.39 is 24.3 Å². The Morgan fingerprint density at radius 3 is 2.32 bits per heavy atom. The van der Waals surface area contributed by atoms with Crippen LogP contribution in [-0.4, -0.2) is 25.0 Å². The lowest BCUT2D eigenvalue weighted by molar-refractivity contribution is -0.142. The van der Waals surface area contributed by atoms with Crippen LogP contribution >= 0.6 is 0 Å². The second-order valence-corrected chi connectivity index (χ2v) is 5.07. The Kier molecular flexibility index (Phi) is 6.56. The van der Waals surface area contributed by atoms with E-state index in [9.17, 15) is 18.0 Å². The van der Waals surface area contributed by atoms with E-state index in [1.165, 1.54) is 13.0 Å². The second kappa shape index (κ2) is 8.86. The average Bonchev–Trinajstić information content (AvgIpc) is 2.60. The number of rotatable bonds is 7. The van der Waals surface area contributed by atoms with E-state index in [2.05, 4.69) is 5.16 Å².